The second kappa shape index (κ2) is 11.7. The average Bonchev–Trinajstić information content (AvgIpc) is 3.19. The molecular weight excluding hydrogens is 391 g/mol. The van der Waals surface area contributed by atoms with Crippen molar-refractivity contribution in [2.45, 2.75) is 32.2 Å². The van der Waals surface area contributed by atoms with E-state index in [0.29, 0.717) is 0 Å². The molecule has 126 valence electrons. The fourth-order valence-electron chi connectivity index (χ4n) is 2.62. The molecule has 1 saturated heterocycles. The first kappa shape index (κ1) is 19.2. The van der Waals surface area contributed by atoms with Gasteiger partial charge in [-0.25, -0.2) is 0 Å². The number of aliphatic imine (C=N–C) groups is 1. The van der Waals surface area contributed by atoms with Gasteiger partial charge >= 0.3 is 0 Å². The van der Waals surface area contributed by atoms with Crippen molar-refractivity contribution in [3.05, 3.63) is 18.5 Å². The topological polar surface area (TPSA) is 57.5 Å². The van der Waals surface area contributed by atoms with E-state index in [2.05, 4.69) is 25.6 Å². The molecule has 0 aliphatic carbocycles. The minimum absolute atomic E-state index is 0. The third-order valence-corrected chi connectivity index (χ3v) is 3.78. The van der Waals surface area contributed by atoms with Gasteiger partial charge in [-0.2, -0.15) is 5.10 Å². The molecule has 0 atom stereocenters. The molecule has 1 fully saturated rings. The molecule has 0 spiro atoms. The standard InChI is InChI=1S/C15H28N6.HI/c1-16-15(17-7-4-12-20-10-2-3-11-20)18-8-5-13-21-14-6-9-19-21;/h6,9,14H,2-5,7-8,10-13H2,1H3,(H2,16,17,18);1H. The Bertz CT molecular complexity index is 400. The van der Waals surface area contributed by atoms with Gasteiger partial charge in [-0.1, -0.05) is 0 Å². The molecule has 1 aromatic heterocycles. The number of halogens is 1. The summed E-state index contributed by atoms with van der Waals surface area (Å²) in [5.41, 5.74) is 0. The normalized spacial score (nSPS) is 15.6. The lowest BCUT2D eigenvalue weighted by molar-refractivity contribution is 0.334. The maximum atomic E-state index is 4.25. The highest BCUT2D eigenvalue weighted by atomic mass is 127. The first-order chi connectivity index (χ1) is 10.4. The van der Waals surface area contributed by atoms with Crippen LogP contribution in [-0.2, 0) is 6.54 Å². The maximum Gasteiger partial charge on any atom is 0.190 e. The molecule has 2 rings (SSSR count). The number of rotatable bonds is 8. The molecule has 0 bridgehead atoms. The molecule has 1 aliphatic heterocycles. The molecule has 1 aromatic rings. The second-order valence-electron chi connectivity index (χ2n) is 5.45. The molecule has 0 saturated carbocycles. The van der Waals surface area contributed by atoms with Crippen molar-refractivity contribution in [3.63, 3.8) is 0 Å². The lowest BCUT2D eigenvalue weighted by atomic mass is 10.4. The molecule has 0 aromatic carbocycles. The zero-order valence-electron chi connectivity index (χ0n) is 13.5. The first-order valence-electron chi connectivity index (χ1n) is 8.03. The Labute approximate surface area is 150 Å². The summed E-state index contributed by atoms with van der Waals surface area (Å²) in [5.74, 6) is 0.900. The Morgan fingerprint density at radius 1 is 1.14 bits per heavy atom. The van der Waals surface area contributed by atoms with E-state index < -0.39 is 0 Å². The molecule has 1 aliphatic rings. The van der Waals surface area contributed by atoms with Crippen molar-refractivity contribution >= 4 is 29.9 Å². The predicted molar refractivity (Wildman–Crippen MR) is 102 cm³/mol. The van der Waals surface area contributed by atoms with E-state index in [1.165, 1.54) is 38.9 Å². The van der Waals surface area contributed by atoms with Gasteiger partial charge in [-0.05, 0) is 51.4 Å². The average molecular weight is 420 g/mol. The number of nitrogens with zero attached hydrogens (tertiary/aromatic N) is 4. The molecule has 7 heteroatoms. The van der Waals surface area contributed by atoms with Gasteiger partial charge in [0.1, 0.15) is 0 Å². The van der Waals surface area contributed by atoms with Gasteiger partial charge in [0.2, 0.25) is 0 Å². The van der Waals surface area contributed by atoms with E-state index >= 15 is 0 Å². The summed E-state index contributed by atoms with van der Waals surface area (Å²) in [6.45, 7) is 6.58. The molecule has 0 amide bonds. The van der Waals surface area contributed by atoms with E-state index in [4.69, 9.17) is 0 Å². The van der Waals surface area contributed by atoms with Gasteiger partial charge < -0.3 is 15.5 Å². The Morgan fingerprint density at radius 2 is 1.82 bits per heavy atom. The smallest absolute Gasteiger partial charge is 0.190 e. The zero-order chi connectivity index (χ0) is 14.8. The Hall–Kier alpha value is -0.830. The summed E-state index contributed by atoms with van der Waals surface area (Å²) in [7, 11) is 1.82. The minimum Gasteiger partial charge on any atom is -0.356 e. The first-order valence-corrected chi connectivity index (χ1v) is 8.03. The third kappa shape index (κ3) is 7.44. The van der Waals surface area contributed by atoms with E-state index in [1.807, 2.05) is 30.2 Å². The maximum absolute atomic E-state index is 4.25. The SMILES string of the molecule is CN=C(NCCCN1CCCC1)NCCCn1cccn1.I. The predicted octanol–water partition coefficient (Wildman–Crippen LogP) is 1.54. The van der Waals surface area contributed by atoms with Crippen molar-refractivity contribution in [1.29, 1.82) is 0 Å². The van der Waals surface area contributed by atoms with Crippen LogP contribution in [0.3, 0.4) is 0 Å². The molecule has 0 unspecified atom stereocenters. The molecule has 22 heavy (non-hydrogen) atoms. The van der Waals surface area contributed by atoms with Crippen LogP contribution in [0.1, 0.15) is 25.7 Å². The van der Waals surface area contributed by atoms with Gasteiger partial charge in [0, 0.05) is 39.1 Å². The molecule has 0 radical (unpaired) electrons. The Morgan fingerprint density at radius 3 is 2.41 bits per heavy atom. The summed E-state index contributed by atoms with van der Waals surface area (Å²) in [6.07, 6.45) is 8.75. The summed E-state index contributed by atoms with van der Waals surface area (Å²) < 4.78 is 1.95. The number of nitrogens with one attached hydrogen (secondary N) is 2. The highest BCUT2D eigenvalue weighted by Crippen LogP contribution is 2.06. The van der Waals surface area contributed by atoms with E-state index in [0.717, 1.165) is 32.0 Å². The highest BCUT2D eigenvalue weighted by molar-refractivity contribution is 14.0. The van der Waals surface area contributed by atoms with Crippen molar-refractivity contribution in [1.82, 2.24) is 25.3 Å². The van der Waals surface area contributed by atoms with E-state index in [1.54, 1.807) is 0 Å². The number of aromatic nitrogens is 2. The van der Waals surface area contributed by atoms with Crippen LogP contribution in [0.15, 0.2) is 23.5 Å². The van der Waals surface area contributed by atoms with E-state index in [9.17, 15) is 0 Å². The van der Waals surface area contributed by atoms with Gasteiger partial charge in [0.05, 0.1) is 0 Å². The summed E-state index contributed by atoms with van der Waals surface area (Å²) in [4.78, 5) is 6.79. The number of aryl methyl sites for hydroxylation is 1. The molecular formula is C15H29IN6. The van der Waals surface area contributed by atoms with Crippen LogP contribution >= 0.6 is 24.0 Å². The fourth-order valence-corrected chi connectivity index (χ4v) is 2.62. The van der Waals surface area contributed by atoms with Crippen LogP contribution in [0.4, 0.5) is 0 Å². The fraction of sp³-hybridized carbons (Fsp3) is 0.733. The number of hydrogen-bond acceptors (Lipinski definition) is 3. The number of likely N-dealkylation sites (tertiary alicyclic amines) is 1. The van der Waals surface area contributed by atoms with Crippen molar-refractivity contribution in [2.24, 2.45) is 4.99 Å². The monoisotopic (exact) mass is 420 g/mol. The second-order valence-corrected chi connectivity index (χ2v) is 5.45. The summed E-state index contributed by atoms with van der Waals surface area (Å²) in [5, 5.41) is 10.9. The van der Waals surface area contributed by atoms with Gasteiger partial charge in [-0.3, -0.25) is 9.67 Å². The van der Waals surface area contributed by atoms with E-state index in [-0.39, 0.29) is 24.0 Å². The Balaban J connectivity index is 0.00000242. The van der Waals surface area contributed by atoms with Crippen LogP contribution < -0.4 is 10.6 Å². The Kier molecular flexibility index (Phi) is 10.2. The van der Waals surface area contributed by atoms with Gasteiger partial charge in [0.25, 0.3) is 0 Å². The van der Waals surface area contributed by atoms with Crippen molar-refractivity contribution in [3.8, 4) is 0 Å². The largest absolute Gasteiger partial charge is 0.356 e. The summed E-state index contributed by atoms with van der Waals surface area (Å²) in [6, 6.07) is 1.95. The zero-order valence-corrected chi connectivity index (χ0v) is 15.8. The van der Waals surface area contributed by atoms with Gasteiger partial charge in [0.15, 0.2) is 5.96 Å². The minimum atomic E-state index is 0. The molecule has 2 N–H and O–H groups in total. The van der Waals surface area contributed by atoms with Crippen LogP contribution in [0, 0.1) is 0 Å². The van der Waals surface area contributed by atoms with Crippen LogP contribution in [0.5, 0.6) is 0 Å². The molecule has 2 heterocycles. The van der Waals surface area contributed by atoms with Crippen LogP contribution in [0.25, 0.3) is 0 Å². The lowest BCUT2D eigenvalue weighted by Gasteiger charge is -2.16. The van der Waals surface area contributed by atoms with Crippen molar-refractivity contribution < 1.29 is 0 Å². The van der Waals surface area contributed by atoms with Crippen LogP contribution in [-0.4, -0.2) is 60.4 Å². The lowest BCUT2D eigenvalue weighted by Crippen LogP contribution is -2.39. The summed E-state index contributed by atoms with van der Waals surface area (Å²) >= 11 is 0. The van der Waals surface area contributed by atoms with Crippen LogP contribution in [0.2, 0.25) is 0 Å². The van der Waals surface area contributed by atoms with Crippen molar-refractivity contribution in [2.75, 3.05) is 39.8 Å². The highest BCUT2D eigenvalue weighted by Gasteiger charge is 2.10. The quantitative estimate of drug-likeness (QED) is 0.290. The molecule has 6 nitrogen and oxygen atoms in total. The third-order valence-electron chi connectivity index (χ3n) is 3.78. The number of hydrogen-bond donors (Lipinski definition) is 2. The van der Waals surface area contributed by atoms with Gasteiger partial charge in [-0.15, -0.1) is 24.0 Å². The number of guanidine groups is 1.